The molecule has 3 heteroatoms. The van der Waals surface area contributed by atoms with Crippen LogP contribution >= 0.6 is 0 Å². The van der Waals surface area contributed by atoms with Crippen LogP contribution in [0.15, 0.2) is 11.6 Å². The van der Waals surface area contributed by atoms with Gasteiger partial charge in [-0.15, -0.1) is 0 Å². The first kappa shape index (κ1) is 10.9. The highest BCUT2D eigenvalue weighted by Gasteiger charge is 2.02. The van der Waals surface area contributed by atoms with Gasteiger partial charge in [-0.1, -0.05) is 18.6 Å². The van der Waals surface area contributed by atoms with Crippen LogP contribution < -0.4 is 5.32 Å². The third kappa shape index (κ3) is 5.65. The van der Waals surface area contributed by atoms with Crippen LogP contribution in [0.25, 0.3) is 0 Å². The summed E-state index contributed by atoms with van der Waals surface area (Å²) in [7, 11) is 0. The number of allylic oxidation sites excluding steroid dienone is 1. The van der Waals surface area contributed by atoms with E-state index in [9.17, 15) is 9.59 Å². The highest BCUT2D eigenvalue weighted by molar-refractivity contribution is 5.94. The molecule has 0 rings (SSSR count). The van der Waals surface area contributed by atoms with Gasteiger partial charge in [-0.05, 0) is 13.3 Å². The van der Waals surface area contributed by atoms with Crippen LogP contribution in [0.1, 0.15) is 33.6 Å². The van der Waals surface area contributed by atoms with E-state index in [1.807, 2.05) is 19.9 Å². The molecule has 0 bridgehead atoms. The van der Waals surface area contributed by atoms with Crippen LogP contribution in [0.3, 0.4) is 0 Å². The fourth-order valence-corrected chi connectivity index (χ4v) is 0.914. The molecule has 0 fully saturated rings. The van der Waals surface area contributed by atoms with Gasteiger partial charge in [0.1, 0.15) is 0 Å². The second-order valence-electron chi connectivity index (χ2n) is 2.74. The average Bonchev–Trinajstić information content (AvgIpc) is 1.84. The van der Waals surface area contributed by atoms with Crippen LogP contribution in [0, 0.1) is 0 Å². The Labute approximate surface area is 72.8 Å². The zero-order valence-electron chi connectivity index (χ0n) is 7.81. The number of hydrogen-bond acceptors (Lipinski definition) is 2. The predicted molar refractivity (Wildman–Crippen MR) is 47.5 cm³/mol. The van der Waals surface area contributed by atoms with Crippen molar-refractivity contribution in [2.24, 2.45) is 0 Å². The van der Waals surface area contributed by atoms with Crippen molar-refractivity contribution >= 4 is 11.8 Å². The first-order valence-corrected chi connectivity index (χ1v) is 4.02. The highest BCUT2D eigenvalue weighted by atomic mass is 16.2. The molecule has 1 N–H and O–H groups in total. The molecule has 3 nitrogen and oxygen atoms in total. The summed E-state index contributed by atoms with van der Waals surface area (Å²) in [6, 6.07) is 0. The van der Waals surface area contributed by atoms with Crippen LogP contribution in [0.2, 0.25) is 0 Å². The van der Waals surface area contributed by atoms with Crippen LogP contribution in [-0.4, -0.2) is 11.8 Å². The van der Waals surface area contributed by atoms with Crippen molar-refractivity contribution in [1.29, 1.82) is 0 Å². The molecule has 0 aromatic carbocycles. The molecule has 0 aliphatic heterocycles. The largest absolute Gasteiger partial charge is 0.296 e. The lowest BCUT2D eigenvalue weighted by Gasteiger charge is -2.00. The van der Waals surface area contributed by atoms with E-state index in [1.54, 1.807) is 0 Å². The first-order valence-electron chi connectivity index (χ1n) is 4.02. The highest BCUT2D eigenvalue weighted by Crippen LogP contribution is 2.00. The molecule has 0 atom stereocenters. The second kappa shape index (κ2) is 5.52. The van der Waals surface area contributed by atoms with Crippen molar-refractivity contribution in [3.63, 3.8) is 0 Å². The van der Waals surface area contributed by atoms with Crippen LogP contribution in [-0.2, 0) is 9.59 Å². The predicted octanol–water partition coefficient (Wildman–Crippen LogP) is 1.40. The van der Waals surface area contributed by atoms with E-state index in [0.717, 1.165) is 12.0 Å². The molecule has 0 aliphatic rings. The fraction of sp³-hybridized carbons (Fsp3) is 0.556. The summed E-state index contributed by atoms with van der Waals surface area (Å²) in [5.41, 5.74) is 0.997. The minimum absolute atomic E-state index is 0.232. The topological polar surface area (TPSA) is 46.2 Å². The van der Waals surface area contributed by atoms with E-state index in [2.05, 4.69) is 5.32 Å². The molecule has 2 amide bonds. The van der Waals surface area contributed by atoms with Gasteiger partial charge in [-0.25, -0.2) is 0 Å². The van der Waals surface area contributed by atoms with E-state index in [1.165, 1.54) is 6.92 Å². The maximum absolute atomic E-state index is 11.0. The van der Waals surface area contributed by atoms with Crippen molar-refractivity contribution in [1.82, 2.24) is 5.32 Å². The molecule has 0 aliphatic carbocycles. The van der Waals surface area contributed by atoms with Gasteiger partial charge in [0, 0.05) is 13.3 Å². The fourth-order valence-electron chi connectivity index (χ4n) is 0.914. The smallest absolute Gasteiger partial charge is 0.230 e. The molecular weight excluding hydrogens is 154 g/mol. The lowest BCUT2D eigenvalue weighted by molar-refractivity contribution is -0.128. The monoisotopic (exact) mass is 169 g/mol. The molecule has 0 saturated heterocycles. The van der Waals surface area contributed by atoms with Crippen molar-refractivity contribution < 1.29 is 9.59 Å². The minimum atomic E-state index is -0.302. The Morgan fingerprint density at radius 3 is 2.33 bits per heavy atom. The summed E-state index contributed by atoms with van der Waals surface area (Å²) >= 11 is 0. The molecule has 0 aromatic rings. The summed E-state index contributed by atoms with van der Waals surface area (Å²) < 4.78 is 0. The summed E-state index contributed by atoms with van der Waals surface area (Å²) in [6.45, 7) is 5.21. The zero-order valence-corrected chi connectivity index (χ0v) is 7.81. The Kier molecular flexibility index (Phi) is 5.00. The number of rotatable bonds is 3. The number of amides is 2. The van der Waals surface area contributed by atoms with Gasteiger partial charge >= 0.3 is 0 Å². The molecule has 68 valence electrons. The summed E-state index contributed by atoms with van der Waals surface area (Å²) in [6.07, 6.45) is 3.20. The van der Waals surface area contributed by atoms with E-state index in [0.29, 0.717) is 6.42 Å². The van der Waals surface area contributed by atoms with Crippen molar-refractivity contribution in [2.75, 3.05) is 0 Å². The van der Waals surface area contributed by atoms with Crippen molar-refractivity contribution in [2.45, 2.75) is 33.6 Å². The normalized spacial score (nSPS) is 11.1. The van der Waals surface area contributed by atoms with E-state index in [4.69, 9.17) is 0 Å². The number of nitrogens with one attached hydrogen (secondary N) is 1. The Balaban J connectivity index is 3.84. The third-order valence-corrected chi connectivity index (χ3v) is 1.31. The van der Waals surface area contributed by atoms with Gasteiger partial charge < -0.3 is 0 Å². The third-order valence-electron chi connectivity index (χ3n) is 1.31. The lowest BCUT2D eigenvalue weighted by atomic mass is 10.2. The Morgan fingerprint density at radius 1 is 1.33 bits per heavy atom. The maximum atomic E-state index is 11.0. The number of carbonyl (C=O) groups excluding carboxylic acids is 2. The first-order chi connectivity index (χ1) is 5.56. The molecular formula is C9H15NO2. The van der Waals surface area contributed by atoms with Gasteiger partial charge in [0.2, 0.25) is 11.8 Å². The van der Waals surface area contributed by atoms with Crippen molar-refractivity contribution in [3.05, 3.63) is 11.6 Å². The Bertz CT molecular complexity index is 207. The number of hydrogen-bond donors (Lipinski definition) is 1. The Morgan fingerprint density at radius 2 is 1.92 bits per heavy atom. The summed E-state index contributed by atoms with van der Waals surface area (Å²) in [5.74, 6) is -0.533. The van der Waals surface area contributed by atoms with E-state index >= 15 is 0 Å². The quantitative estimate of drug-likeness (QED) is 0.649. The van der Waals surface area contributed by atoms with Crippen LogP contribution in [0.5, 0.6) is 0 Å². The number of carbonyl (C=O) groups is 2. The number of imide groups is 1. The zero-order chi connectivity index (χ0) is 9.56. The molecule has 0 unspecified atom stereocenters. The summed E-state index contributed by atoms with van der Waals surface area (Å²) in [5, 5.41) is 2.21. The minimum Gasteiger partial charge on any atom is -0.296 e. The van der Waals surface area contributed by atoms with E-state index in [-0.39, 0.29) is 11.8 Å². The van der Waals surface area contributed by atoms with Crippen molar-refractivity contribution in [3.8, 4) is 0 Å². The van der Waals surface area contributed by atoms with Gasteiger partial charge in [0.05, 0.1) is 0 Å². The molecule has 0 heterocycles. The standard InChI is InChI=1S/C9H15NO2/c1-4-5-7(2)6-9(12)10-8(3)11/h5H,4,6H2,1-3H3,(H,10,11,12)/b7-5+. The van der Waals surface area contributed by atoms with Gasteiger partial charge in [0.15, 0.2) is 0 Å². The molecule has 0 saturated carbocycles. The molecule has 0 radical (unpaired) electrons. The van der Waals surface area contributed by atoms with Gasteiger partial charge in [0.25, 0.3) is 0 Å². The molecule has 0 spiro atoms. The lowest BCUT2D eigenvalue weighted by Crippen LogP contribution is -2.27. The van der Waals surface area contributed by atoms with Gasteiger partial charge in [-0.2, -0.15) is 0 Å². The molecule has 0 aromatic heterocycles. The Hall–Kier alpha value is -1.12. The molecule has 12 heavy (non-hydrogen) atoms. The average molecular weight is 169 g/mol. The van der Waals surface area contributed by atoms with Gasteiger partial charge in [-0.3, -0.25) is 14.9 Å². The second-order valence-corrected chi connectivity index (χ2v) is 2.74. The van der Waals surface area contributed by atoms with E-state index < -0.39 is 0 Å². The summed E-state index contributed by atoms with van der Waals surface area (Å²) in [4.78, 5) is 21.4. The SMILES string of the molecule is CC/C=C(\C)CC(=O)NC(C)=O. The van der Waals surface area contributed by atoms with Crippen LogP contribution in [0.4, 0.5) is 0 Å². The maximum Gasteiger partial charge on any atom is 0.230 e.